The third kappa shape index (κ3) is 2.05. The van der Waals surface area contributed by atoms with Gasteiger partial charge in [-0.3, -0.25) is 0 Å². The summed E-state index contributed by atoms with van der Waals surface area (Å²) in [7, 11) is 0. The summed E-state index contributed by atoms with van der Waals surface area (Å²) in [5.74, 6) is 1.08. The predicted molar refractivity (Wildman–Crippen MR) is 61.6 cm³/mol. The second-order valence-corrected chi connectivity index (χ2v) is 3.65. The van der Waals surface area contributed by atoms with Crippen molar-refractivity contribution in [3.63, 3.8) is 0 Å². The van der Waals surface area contributed by atoms with Crippen molar-refractivity contribution in [3.05, 3.63) is 6.33 Å². The molecule has 0 bridgehead atoms. The van der Waals surface area contributed by atoms with Gasteiger partial charge in [0.05, 0.1) is 12.4 Å². The molecule has 0 fully saturated rings. The van der Waals surface area contributed by atoms with Crippen molar-refractivity contribution in [2.75, 3.05) is 11.9 Å². The molecular formula is C10H15N5O. The molecule has 6 nitrogen and oxygen atoms in total. The van der Waals surface area contributed by atoms with Gasteiger partial charge in [-0.15, -0.1) is 0 Å². The Hall–Kier alpha value is -1.85. The second-order valence-electron chi connectivity index (χ2n) is 3.65. The van der Waals surface area contributed by atoms with Crippen LogP contribution in [0.3, 0.4) is 0 Å². The summed E-state index contributed by atoms with van der Waals surface area (Å²) in [5.41, 5.74) is 1.34. The minimum Gasteiger partial charge on any atom is -0.473 e. The van der Waals surface area contributed by atoms with Gasteiger partial charge in [0.1, 0.15) is 5.52 Å². The van der Waals surface area contributed by atoms with E-state index in [0.717, 1.165) is 12.1 Å². The molecule has 2 rings (SSSR count). The summed E-state index contributed by atoms with van der Waals surface area (Å²) >= 11 is 0. The number of fused-ring (bicyclic) bond motifs is 1. The third-order valence-electron chi connectivity index (χ3n) is 1.93. The van der Waals surface area contributed by atoms with E-state index in [1.165, 1.54) is 0 Å². The molecule has 0 unspecified atom stereocenters. The Morgan fingerprint density at radius 2 is 2.25 bits per heavy atom. The van der Waals surface area contributed by atoms with E-state index in [2.05, 4.69) is 25.3 Å². The Labute approximate surface area is 93.5 Å². The van der Waals surface area contributed by atoms with Gasteiger partial charge in [0.25, 0.3) is 0 Å². The Morgan fingerprint density at radius 1 is 1.44 bits per heavy atom. The molecule has 6 heteroatoms. The first-order valence-electron chi connectivity index (χ1n) is 5.32. The van der Waals surface area contributed by atoms with E-state index in [9.17, 15) is 0 Å². The van der Waals surface area contributed by atoms with Crippen LogP contribution in [-0.2, 0) is 0 Å². The van der Waals surface area contributed by atoms with Crippen LogP contribution in [0.2, 0.25) is 0 Å². The molecule has 0 spiro atoms. The number of anilines is 1. The Morgan fingerprint density at radius 3 is 2.94 bits per heavy atom. The maximum Gasteiger partial charge on any atom is 0.245 e. The number of aromatic amines is 1. The van der Waals surface area contributed by atoms with E-state index in [4.69, 9.17) is 4.74 Å². The van der Waals surface area contributed by atoms with Crippen LogP contribution >= 0.6 is 0 Å². The topological polar surface area (TPSA) is 75.7 Å². The largest absolute Gasteiger partial charge is 0.473 e. The van der Waals surface area contributed by atoms with Gasteiger partial charge in [-0.2, -0.15) is 9.97 Å². The van der Waals surface area contributed by atoms with E-state index < -0.39 is 0 Å². The number of nitrogens with zero attached hydrogens (tertiary/aromatic N) is 3. The zero-order chi connectivity index (χ0) is 11.5. The van der Waals surface area contributed by atoms with Gasteiger partial charge in [0.15, 0.2) is 5.65 Å². The number of H-pyrrole nitrogens is 1. The van der Waals surface area contributed by atoms with Gasteiger partial charge < -0.3 is 15.0 Å². The van der Waals surface area contributed by atoms with Crippen LogP contribution in [0, 0.1) is 0 Å². The van der Waals surface area contributed by atoms with Crippen LogP contribution in [0.4, 0.5) is 5.95 Å². The molecule has 2 aromatic rings. The van der Waals surface area contributed by atoms with E-state index in [1.807, 2.05) is 20.8 Å². The highest BCUT2D eigenvalue weighted by Crippen LogP contribution is 2.21. The number of nitrogens with one attached hydrogen (secondary N) is 2. The number of imidazole rings is 1. The molecule has 0 amide bonds. The summed E-state index contributed by atoms with van der Waals surface area (Å²) in [4.78, 5) is 15.6. The van der Waals surface area contributed by atoms with Crippen LogP contribution in [0.5, 0.6) is 5.88 Å². The Bertz CT molecular complexity index is 479. The summed E-state index contributed by atoms with van der Waals surface area (Å²) in [5, 5.41) is 3.05. The molecule has 0 saturated heterocycles. The fourth-order valence-corrected chi connectivity index (χ4v) is 1.35. The van der Waals surface area contributed by atoms with Crippen molar-refractivity contribution in [2.45, 2.75) is 26.9 Å². The lowest BCUT2D eigenvalue weighted by molar-refractivity contribution is 0.235. The van der Waals surface area contributed by atoms with Crippen molar-refractivity contribution in [2.24, 2.45) is 0 Å². The van der Waals surface area contributed by atoms with E-state index in [-0.39, 0.29) is 6.10 Å². The fraction of sp³-hybridized carbons (Fsp3) is 0.500. The summed E-state index contributed by atoms with van der Waals surface area (Å²) in [6.07, 6.45) is 1.65. The predicted octanol–water partition coefficient (Wildman–Crippen LogP) is 1.57. The molecule has 0 aliphatic heterocycles. The Balaban J connectivity index is 2.46. The minimum atomic E-state index is 0.0656. The molecular weight excluding hydrogens is 206 g/mol. The molecule has 0 atom stereocenters. The highest BCUT2D eigenvalue weighted by atomic mass is 16.5. The average molecular weight is 221 g/mol. The molecule has 0 aliphatic rings. The van der Waals surface area contributed by atoms with Crippen molar-refractivity contribution in [1.82, 2.24) is 19.9 Å². The van der Waals surface area contributed by atoms with Crippen molar-refractivity contribution in [1.29, 1.82) is 0 Å². The standard InChI is InChI=1S/C10H15N5O/c1-4-11-10-14-8-7(12-5-13-8)9(15-10)16-6(2)3/h5-6H,4H2,1-3H3,(H2,11,12,13,14,15). The summed E-state index contributed by atoms with van der Waals surface area (Å²) in [6, 6.07) is 0. The lowest BCUT2D eigenvalue weighted by Crippen LogP contribution is -2.10. The van der Waals surface area contributed by atoms with Crippen molar-refractivity contribution >= 4 is 17.1 Å². The van der Waals surface area contributed by atoms with Crippen LogP contribution in [0.25, 0.3) is 11.2 Å². The Kier molecular flexibility index (Phi) is 2.89. The molecule has 2 N–H and O–H groups in total. The van der Waals surface area contributed by atoms with Gasteiger partial charge >= 0.3 is 0 Å². The van der Waals surface area contributed by atoms with Gasteiger partial charge in [-0.05, 0) is 20.8 Å². The quantitative estimate of drug-likeness (QED) is 0.819. The van der Waals surface area contributed by atoms with Gasteiger partial charge in [0, 0.05) is 6.54 Å². The van der Waals surface area contributed by atoms with Gasteiger partial charge in [-0.25, -0.2) is 4.98 Å². The summed E-state index contributed by atoms with van der Waals surface area (Å²) < 4.78 is 5.61. The van der Waals surface area contributed by atoms with E-state index in [0.29, 0.717) is 17.5 Å². The van der Waals surface area contributed by atoms with Gasteiger partial charge in [-0.1, -0.05) is 0 Å². The molecule has 2 heterocycles. The average Bonchev–Trinajstić information content (AvgIpc) is 2.65. The smallest absolute Gasteiger partial charge is 0.245 e. The maximum absolute atomic E-state index is 5.61. The number of rotatable bonds is 4. The maximum atomic E-state index is 5.61. The highest BCUT2D eigenvalue weighted by Gasteiger charge is 2.11. The van der Waals surface area contributed by atoms with Crippen LogP contribution < -0.4 is 10.1 Å². The number of hydrogen-bond donors (Lipinski definition) is 2. The molecule has 86 valence electrons. The molecule has 2 aromatic heterocycles. The van der Waals surface area contributed by atoms with Gasteiger partial charge in [0.2, 0.25) is 11.8 Å². The van der Waals surface area contributed by atoms with E-state index >= 15 is 0 Å². The zero-order valence-corrected chi connectivity index (χ0v) is 9.61. The molecule has 0 aromatic carbocycles. The fourth-order valence-electron chi connectivity index (χ4n) is 1.35. The molecule has 0 aliphatic carbocycles. The SMILES string of the molecule is CCNc1nc(OC(C)C)c2[nH]cnc2n1. The normalized spacial score (nSPS) is 11.0. The third-order valence-corrected chi connectivity index (χ3v) is 1.93. The lowest BCUT2D eigenvalue weighted by atomic mass is 10.4. The van der Waals surface area contributed by atoms with Crippen LogP contribution in [0.15, 0.2) is 6.33 Å². The monoisotopic (exact) mass is 221 g/mol. The minimum absolute atomic E-state index is 0.0656. The second kappa shape index (κ2) is 4.34. The van der Waals surface area contributed by atoms with E-state index in [1.54, 1.807) is 6.33 Å². The highest BCUT2D eigenvalue weighted by molar-refractivity contribution is 5.76. The number of ether oxygens (including phenoxy) is 1. The van der Waals surface area contributed by atoms with Crippen molar-refractivity contribution < 1.29 is 4.74 Å². The molecule has 16 heavy (non-hydrogen) atoms. The number of hydrogen-bond acceptors (Lipinski definition) is 5. The van der Waals surface area contributed by atoms with Crippen LogP contribution in [0.1, 0.15) is 20.8 Å². The summed E-state index contributed by atoms with van der Waals surface area (Å²) in [6.45, 7) is 6.66. The van der Waals surface area contributed by atoms with Crippen molar-refractivity contribution in [3.8, 4) is 5.88 Å². The first kappa shape index (κ1) is 10.7. The first-order valence-corrected chi connectivity index (χ1v) is 5.32. The molecule has 0 radical (unpaired) electrons. The first-order chi connectivity index (χ1) is 7.70. The molecule has 0 saturated carbocycles. The lowest BCUT2D eigenvalue weighted by Gasteiger charge is -2.10. The zero-order valence-electron chi connectivity index (χ0n) is 9.61. The van der Waals surface area contributed by atoms with Crippen LogP contribution in [-0.4, -0.2) is 32.6 Å². The number of aromatic nitrogens is 4.